The summed E-state index contributed by atoms with van der Waals surface area (Å²) in [5, 5.41) is 0. The van der Waals surface area contributed by atoms with Crippen LogP contribution < -0.4 is 10.5 Å². The number of anilines is 1. The van der Waals surface area contributed by atoms with E-state index in [1.165, 1.54) is 37.8 Å². The van der Waals surface area contributed by atoms with E-state index in [1.807, 2.05) is 26.0 Å². The first-order valence-electron chi connectivity index (χ1n) is 7.81. The number of aryl methyl sites for hydroxylation is 1. The molecule has 0 amide bonds. The van der Waals surface area contributed by atoms with E-state index in [9.17, 15) is 0 Å². The van der Waals surface area contributed by atoms with Crippen molar-refractivity contribution in [2.45, 2.75) is 58.1 Å². The average molecular weight is 276 g/mol. The van der Waals surface area contributed by atoms with Gasteiger partial charge in [0.25, 0.3) is 0 Å². The van der Waals surface area contributed by atoms with Crippen molar-refractivity contribution in [3.8, 4) is 5.75 Å². The normalized spacial score (nSPS) is 20.3. The van der Waals surface area contributed by atoms with Gasteiger partial charge in [0.15, 0.2) is 0 Å². The van der Waals surface area contributed by atoms with Gasteiger partial charge in [-0.05, 0) is 76.9 Å². The highest BCUT2D eigenvalue weighted by Gasteiger charge is 2.18. The number of rotatable bonds is 5. The Kier molecular flexibility index (Phi) is 5.30. The molecular formula is C17H28N2O. The minimum Gasteiger partial charge on any atom is -0.491 e. The summed E-state index contributed by atoms with van der Waals surface area (Å²) >= 11 is 0. The van der Waals surface area contributed by atoms with Gasteiger partial charge in [-0.1, -0.05) is 6.42 Å². The van der Waals surface area contributed by atoms with E-state index in [1.54, 1.807) is 0 Å². The number of piperidine rings is 1. The summed E-state index contributed by atoms with van der Waals surface area (Å²) in [5.74, 6) is 0.932. The van der Waals surface area contributed by atoms with Crippen LogP contribution in [0.4, 0.5) is 5.69 Å². The van der Waals surface area contributed by atoms with Gasteiger partial charge in [0.2, 0.25) is 0 Å². The van der Waals surface area contributed by atoms with Crippen molar-refractivity contribution < 1.29 is 4.74 Å². The van der Waals surface area contributed by atoms with Crippen LogP contribution in [0.1, 0.15) is 45.1 Å². The summed E-state index contributed by atoms with van der Waals surface area (Å²) in [5.41, 5.74) is 8.21. The molecule has 1 aliphatic rings. The maximum Gasteiger partial charge on any atom is 0.120 e. The van der Waals surface area contributed by atoms with E-state index in [0.717, 1.165) is 17.9 Å². The standard InChI is InChI=1S/C17H28N2O/c1-13(2)20-16-9-10-17(18)14(12-16)7-8-15-6-4-5-11-19(15)3/h9-10,12-13,15H,4-8,11,18H2,1-3H3. The second kappa shape index (κ2) is 6.98. The Morgan fingerprint density at radius 1 is 1.35 bits per heavy atom. The second-order valence-electron chi connectivity index (χ2n) is 6.20. The Morgan fingerprint density at radius 3 is 2.85 bits per heavy atom. The minimum atomic E-state index is 0.205. The quantitative estimate of drug-likeness (QED) is 0.837. The smallest absolute Gasteiger partial charge is 0.120 e. The van der Waals surface area contributed by atoms with Gasteiger partial charge in [0.05, 0.1) is 6.10 Å². The first kappa shape index (κ1) is 15.2. The van der Waals surface area contributed by atoms with Crippen LogP contribution in [0.5, 0.6) is 5.75 Å². The van der Waals surface area contributed by atoms with Crippen LogP contribution in [0, 0.1) is 0 Å². The van der Waals surface area contributed by atoms with E-state index >= 15 is 0 Å². The number of hydrogen-bond donors (Lipinski definition) is 1. The predicted molar refractivity (Wildman–Crippen MR) is 85.2 cm³/mol. The van der Waals surface area contributed by atoms with Crippen LogP contribution in [0.15, 0.2) is 18.2 Å². The molecule has 0 aliphatic carbocycles. The molecule has 2 N–H and O–H groups in total. The highest BCUT2D eigenvalue weighted by Crippen LogP contribution is 2.25. The SMILES string of the molecule is CC(C)Oc1ccc(N)c(CCC2CCCCN2C)c1. The van der Waals surface area contributed by atoms with E-state index in [-0.39, 0.29) is 6.10 Å². The second-order valence-corrected chi connectivity index (χ2v) is 6.20. The summed E-state index contributed by atoms with van der Waals surface area (Å²) in [4.78, 5) is 2.49. The Hall–Kier alpha value is -1.22. The van der Waals surface area contributed by atoms with E-state index in [4.69, 9.17) is 10.5 Å². The lowest BCUT2D eigenvalue weighted by Crippen LogP contribution is -2.36. The number of benzene rings is 1. The summed E-state index contributed by atoms with van der Waals surface area (Å²) < 4.78 is 5.76. The molecule has 1 heterocycles. The fourth-order valence-electron chi connectivity index (χ4n) is 2.98. The van der Waals surface area contributed by atoms with E-state index in [2.05, 4.69) is 18.0 Å². The van der Waals surface area contributed by atoms with Crippen LogP contribution in [-0.2, 0) is 6.42 Å². The van der Waals surface area contributed by atoms with Gasteiger partial charge >= 0.3 is 0 Å². The van der Waals surface area contributed by atoms with Gasteiger partial charge in [-0.25, -0.2) is 0 Å². The fraction of sp³-hybridized carbons (Fsp3) is 0.647. The monoisotopic (exact) mass is 276 g/mol. The van der Waals surface area contributed by atoms with Gasteiger partial charge in [-0.2, -0.15) is 0 Å². The van der Waals surface area contributed by atoms with Gasteiger partial charge in [0.1, 0.15) is 5.75 Å². The van der Waals surface area contributed by atoms with Crippen LogP contribution in [0.3, 0.4) is 0 Å². The van der Waals surface area contributed by atoms with Crippen molar-refractivity contribution in [3.05, 3.63) is 23.8 Å². The summed E-state index contributed by atoms with van der Waals surface area (Å²) in [7, 11) is 2.24. The van der Waals surface area contributed by atoms with E-state index in [0.29, 0.717) is 6.04 Å². The maximum atomic E-state index is 6.10. The Morgan fingerprint density at radius 2 is 2.15 bits per heavy atom. The lowest BCUT2D eigenvalue weighted by Gasteiger charge is -2.32. The highest BCUT2D eigenvalue weighted by atomic mass is 16.5. The molecule has 0 radical (unpaired) electrons. The van der Waals surface area contributed by atoms with Crippen molar-refractivity contribution in [2.24, 2.45) is 0 Å². The van der Waals surface area contributed by atoms with Gasteiger partial charge in [0, 0.05) is 11.7 Å². The molecular weight excluding hydrogens is 248 g/mol. The predicted octanol–water partition coefficient (Wildman–Crippen LogP) is 3.47. The third-order valence-electron chi connectivity index (χ3n) is 4.15. The molecule has 0 spiro atoms. The molecule has 3 heteroatoms. The first-order valence-corrected chi connectivity index (χ1v) is 7.81. The van der Waals surface area contributed by atoms with Gasteiger partial charge < -0.3 is 15.4 Å². The zero-order chi connectivity index (χ0) is 14.5. The maximum absolute atomic E-state index is 6.10. The molecule has 0 aromatic heterocycles. The number of nitrogens with two attached hydrogens (primary N) is 1. The molecule has 20 heavy (non-hydrogen) atoms. The summed E-state index contributed by atoms with van der Waals surface area (Å²) in [6.45, 7) is 5.33. The largest absolute Gasteiger partial charge is 0.491 e. The topological polar surface area (TPSA) is 38.5 Å². The van der Waals surface area contributed by atoms with Crippen molar-refractivity contribution in [1.29, 1.82) is 0 Å². The van der Waals surface area contributed by atoms with Crippen molar-refractivity contribution in [3.63, 3.8) is 0 Å². The van der Waals surface area contributed by atoms with Crippen LogP contribution in [0.2, 0.25) is 0 Å². The molecule has 1 aromatic carbocycles. The Balaban J connectivity index is 1.97. The summed E-state index contributed by atoms with van der Waals surface area (Å²) in [6.07, 6.45) is 6.45. The Labute approximate surface area is 123 Å². The molecule has 3 nitrogen and oxygen atoms in total. The van der Waals surface area contributed by atoms with Crippen molar-refractivity contribution >= 4 is 5.69 Å². The zero-order valence-electron chi connectivity index (χ0n) is 13.1. The third kappa shape index (κ3) is 4.14. The van der Waals surface area contributed by atoms with Gasteiger partial charge in [-0.3, -0.25) is 0 Å². The molecule has 1 fully saturated rings. The van der Waals surface area contributed by atoms with Crippen LogP contribution in [0.25, 0.3) is 0 Å². The third-order valence-corrected chi connectivity index (χ3v) is 4.15. The van der Waals surface area contributed by atoms with Gasteiger partial charge in [-0.15, -0.1) is 0 Å². The van der Waals surface area contributed by atoms with Crippen molar-refractivity contribution in [1.82, 2.24) is 4.90 Å². The molecule has 0 bridgehead atoms. The molecule has 1 saturated heterocycles. The molecule has 1 atom stereocenters. The zero-order valence-corrected chi connectivity index (χ0v) is 13.1. The van der Waals surface area contributed by atoms with E-state index < -0.39 is 0 Å². The molecule has 1 aromatic rings. The molecule has 112 valence electrons. The molecule has 0 saturated carbocycles. The number of nitrogen functional groups attached to an aromatic ring is 1. The van der Waals surface area contributed by atoms with Crippen LogP contribution in [-0.4, -0.2) is 30.6 Å². The first-order chi connectivity index (χ1) is 9.56. The lowest BCUT2D eigenvalue weighted by atomic mass is 9.96. The molecule has 2 rings (SSSR count). The Bertz CT molecular complexity index is 431. The molecule has 1 unspecified atom stereocenters. The highest BCUT2D eigenvalue weighted by molar-refractivity contribution is 5.50. The lowest BCUT2D eigenvalue weighted by molar-refractivity contribution is 0.176. The minimum absolute atomic E-state index is 0.205. The number of likely N-dealkylation sites (tertiary alicyclic amines) is 1. The fourth-order valence-corrected chi connectivity index (χ4v) is 2.98. The van der Waals surface area contributed by atoms with Crippen molar-refractivity contribution in [2.75, 3.05) is 19.3 Å². The average Bonchev–Trinajstić information content (AvgIpc) is 2.40. The molecule has 1 aliphatic heterocycles. The number of nitrogens with zero attached hydrogens (tertiary/aromatic N) is 1. The number of hydrogen-bond acceptors (Lipinski definition) is 3. The number of ether oxygens (including phenoxy) is 1. The summed E-state index contributed by atoms with van der Waals surface area (Å²) in [6, 6.07) is 6.75. The van der Waals surface area contributed by atoms with Crippen LogP contribution >= 0.6 is 0 Å².